The van der Waals surface area contributed by atoms with Gasteiger partial charge in [-0.25, -0.2) is 4.39 Å². The van der Waals surface area contributed by atoms with Gasteiger partial charge >= 0.3 is 0 Å². The maximum Gasteiger partial charge on any atom is 0.126 e. The summed E-state index contributed by atoms with van der Waals surface area (Å²) in [6.07, 6.45) is 0. The fourth-order valence-electron chi connectivity index (χ4n) is 1.28. The van der Waals surface area contributed by atoms with Gasteiger partial charge in [0.1, 0.15) is 5.82 Å². The van der Waals surface area contributed by atoms with Crippen molar-refractivity contribution in [2.75, 3.05) is 6.54 Å². The van der Waals surface area contributed by atoms with Gasteiger partial charge in [0.25, 0.3) is 0 Å². The van der Waals surface area contributed by atoms with Crippen LogP contribution in [0.1, 0.15) is 24.0 Å². The molecule has 0 saturated heterocycles. The van der Waals surface area contributed by atoms with Gasteiger partial charge in [0.2, 0.25) is 0 Å². The number of nitrogens with two attached hydrogens (primary N) is 1. The van der Waals surface area contributed by atoms with Gasteiger partial charge < -0.3 is 5.73 Å². The van der Waals surface area contributed by atoms with E-state index in [0.29, 0.717) is 6.54 Å². The van der Waals surface area contributed by atoms with Crippen LogP contribution in [0.3, 0.4) is 0 Å². The predicted octanol–water partition coefficient (Wildman–Crippen LogP) is 2.20. The Morgan fingerprint density at radius 1 is 1.50 bits per heavy atom. The monoisotopic (exact) mass is 167 g/mol. The fourth-order valence-corrected chi connectivity index (χ4v) is 1.28. The molecule has 0 aromatic heterocycles. The number of benzene rings is 1. The van der Waals surface area contributed by atoms with Crippen LogP contribution in [0, 0.1) is 12.7 Å². The average Bonchev–Trinajstić information content (AvgIpc) is 2.08. The maximum atomic E-state index is 13.0. The highest BCUT2D eigenvalue weighted by atomic mass is 19.1. The average molecular weight is 167 g/mol. The molecule has 12 heavy (non-hydrogen) atoms. The first kappa shape index (κ1) is 9.20. The van der Waals surface area contributed by atoms with E-state index in [-0.39, 0.29) is 11.7 Å². The molecule has 1 unspecified atom stereocenters. The molecule has 66 valence electrons. The Bertz CT molecular complexity index is 271. The molecule has 0 aliphatic rings. The van der Waals surface area contributed by atoms with Crippen molar-refractivity contribution >= 4 is 0 Å². The van der Waals surface area contributed by atoms with Crippen LogP contribution < -0.4 is 5.73 Å². The van der Waals surface area contributed by atoms with Crippen molar-refractivity contribution in [1.82, 2.24) is 0 Å². The summed E-state index contributed by atoms with van der Waals surface area (Å²) in [6.45, 7) is 4.35. The highest BCUT2D eigenvalue weighted by Gasteiger charge is 2.08. The van der Waals surface area contributed by atoms with Crippen LogP contribution in [0.4, 0.5) is 4.39 Å². The van der Waals surface area contributed by atoms with E-state index in [9.17, 15) is 4.39 Å². The van der Waals surface area contributed by atoms with Gasteiger partial charge in [-0.3, -0.25) is 0 Å². The normalized spacial score (nSPS) is 13.0. The van der Waals surface area contributed by atoms with Crippen molar-refractivity contribution in [3.05, 3.63) is 35.1 Å². The predicted molar refractivity (Wildman–Crippen MR) is 48.6 cm³/mol. The van der Waals surface area contributed by atoms with Crippen molar-refractivity contribution in [3.8, 4) is 0 Å². The Hall–Kier alpha value is -0.890. The van der Waals surface area contributed by atoms with Crippen molar-refractivity contribution in [3.63, 3.8) is 0 Å². The Labute approximate surface area is 72.4 Å². The molecule has 0 aliphatic carbocycles. The summed E-state index contributed by atoms with van der Waals surface area (Å²) in [5.41, 5.74) is 7.23. The summed E-state index contributed by atoms with van der Waals surface area (Å²) in [7, 11) is 0. The minimum absolute atomic E-state index is 0.146. The van der Waals surface area contributed by atoms with E-state index < -0.39 is 0 Å². The Kier molecular flexibility index (Phi) is 2.82. The largest absolute Gasteiger partial charge is 0.330 e. The lowest BCUT2D eigenvalue weighted by molar-refractivity contribution is 0.610. The van der Waals surface area contributed by atoms with E-state index in [4.69, 9.17) is 5.73 Å². The lowest BCUT2D eigenvalue weighted by atomic mass is 9.96. The molecule has 2 N–H and O–H groups in total. The van der Waals surface area contributed by atoms with Gasteiger partial charge in [-0.05, 0) is 36.6 Å². The highest BCUT2D eigenvalue weighted by Crippen LogP contribution is 2.20. The first-order chi connectivity index (χ1) is 5.66. The third-order valence-electron chi connectivity index (χ3n) is 2.19. The molecule has 1 aromatic carbocycles. The second-order valence-corrected chi connectivity index (χ2v) is 3.09. The smallest absolute Gasteiger partial charge is 0.126 e. The SMILES string of the molecule is Cc1c(F)cccc1C(C)CN. The summed E-state index contributed by atoms with van der Waals surface area (Å²) in [5, 5.41) is 0. The lowest BCUT2D eigenvalue weighted by Crippen LogP contribution is -2.10. The van der Waals surface area contributed by atoms with E-state index in [0.717, 1.165) is 11.1 Å². The molecule has 0 saturated carbocycles. The van der Waals surface area contributed by atoms with Crippen LogP contribution in [0.25, 0.3) is 0 Å². The van der Waals surface area contributed by atoms with Gasteiger partial charge in [0.05, 0.1) is 0 Å². The Morgan fingerprint density at radius 3 is 2.75 bits per heavy atom. The minimum atomic E-state index is -0.146. The zero-order valence-electron chi connectivity index (χ0n) is 7.47. The molecule has 0 amide bonds. The van der Waals surface area contributed by atoms with Crippen LogP contribution >= 0.6 is 0 Å². The molecule has 0 spiro atoms. The molecule has 1 nitrogen and oxygen atoms in total. The summed E-state index contributed by atoms with van der Waals surface area (Å²) in [4.78, 5) is 0. The van der Waals surface area contributed by atoms with Gasteiger partial charge in [-0.2, -0.15) is 0 Å². The molecular weight excluding hydrogens is 153 g/mol. The second kappa shape index (κ2) is 3.68. The molecule has 0 fully saturated rings. The first-order valence-corrected chi connectivity index (χ1v) is 4.12. The van der Waals surface area contributed by atoms with Crippen molar-refractivity contribution in [2.45, 2.75) is 19.8 Å². The molecule has 1 aromatic rings. The Morgan fingerprint density at radius 2 is 2.17 bits per heavy atom. The van der Waals surface area contributed by atoms with Crippen molar-refractivity contribution in [1.29, 1.82) is 0 Å². The van der Waals surface area contributed by atoms with Crippen LogP contribution in [0.15, 0.2) is 18.2 Å². The van der Waals surface area contributed by atoms with E-state index >= 15 is 0 Å². The molecule has 0 bridgehead atoms. The van der Waals surface area contributed by atoms with E-state index in [1.807, 2.05) is 13.0 Å². The van der Waals surface area contributed by atoms with Crippen LogP contribution in [0.5, 0.6) is 0 Å². The maximum absolute atomic E-state index is 13.0. The number of rotatable bonds is 2. The third kappa shape index (κ3) is 1.64. The quantitative estimate of drug-likeness (QED) is 0.718. The summed E-state index contributed by atoms with van der Waals surface area (Å²) in [5.74, 6) is 0.0912. The van der Waals surface area contributed by atoms with Gasteiger partial charge in [0.15, 0.2) is 0 Å². The van der Waals surface area contributed by atoms with Gasteiger partial charge in [0, 0.05) is 0 Å². The summed E-state index contributed by atoms with van der Waals surface area (Å²) >= 11 is 0. The highest BCUT2D eigenvalue weighted by molar-refractivity contribution is 5.30. The zero-order valence-corrected chi connectivity index (χ0v) is 7.47. The standard InChI is InChI=1S/C10H14FN/c1-7(6-12)9-4-3-5-10(11)8(9)2/h3-5,7H,6,12H2,1-2H3. The van der Waals surface area contributed by atoms with E-state index in [1.165, 1.54) is 6.07 Å². The summed E-state index contributed by atoms with van der Waals surface area (Å²) in [6, 6.07) is 5.13. The minimum Gasteiger partial charge on any atom is -0.330 e. The number of halogens is 1. The molecular formula is C10H14FN. The Balaban J connectivity index is 3.07. The first-order valence-electron chi connectivity index (χ1n) is 4.12. The van der Waals surface area contributed by atoms with Crippen molar-refractivity contribution < 1.29 is 4.39 Å². The van der Waals surface area contributed by atoms with Gasteiger partial charge in [-0.1, -0.05) is 19.1 Å². The zero-order chi connectivity index (χ0) is 9.14. The van der Waals surface area contributed by atoms with Gasteiger partial charge in [-0.15, -0.1) is 0 Å². The van der Waals surface area contributed by atoms with E-state index in [1.54, 1.807) is 13.0 Å². The fraction of sp³-hybridized carbons (Fsp3) is 0.400. The van der Waals surface area contributed by atoms with E-state index in [2.05, 4.69) is 0 Å². The lowest BCUT2D eigenvalue weighted by Gasteiger charge is -2.12. The second-order valence-electron chi connectivity index (χ2n) is 3.09. The molecule has 0 heterocycles. The molecule has 2 heteroatoms. The van der Waals surface area contributed by atoms with Crippen LogP contribution in [0.2, 0.25) is 0 Å². The van der Waals surface area contributed by atoms with Crippen LogP contribution in [-0.4, -0.2) is 6.54 Å². The molecule has 1 rings (SSSR count). The topological polar surface area (TPSA) is 26.0 Å². The molecule has 0 radical (unpaired) electrons. The van der Waals surface area contributed by atoms with Crippen LogP contribution in [-0.2, 0) is 0 Å². The number of hydrogen-bond acceptors (Lipinski definition) is 1. The third-order valence-corrected chi connectivity index (χ3v) is 2.19. The molecule has 1 atom stereocenters. The summed E-state index contributed by atoms with van der Waals surface area (Å²) < 4.78 is 13.0. The number of hydrogen-bond donors (Lipinski definition) is 1. The molecule has 0 aliphatic heterocycles. The van der Waals surface area contributed by atoms with Crippen molar-refractivity contribution in [2.24, 2.45) is 5.73 Å².